The highest BCUT2D eigenvalue weighted by Crippen LogP contribution is 2.24. The molecule has 3 aromatic rings. The number of anilines is 1. The van der Waals surface area contributed by atoms with Crippen molar-refractivity contribution in [1.29, 1.82) is 0 Å². The summed E-state index contributed by atoms with van der Waals surface area (Å²) < 4.78 is 5.76. The number of fused-ring (bicyclic) bond motifs is 1. The number of hydrogen-bond acceptors (Lipinski definition) is 4. The molecule has 0 spiro atoms. The molecule has 0 aliphatic rings. The van der Waals surface area contributed by atoms with Crippen molar-refractivity contribution in [3.8, 4) is 0 Å². The van der Waals surface area contributed by atoms with Gasteiger partial charge in [-0.25, -0.2) is 4.98 Å². The summed E-state index contributed by atoms with van der Waals surface area (Å²) in [5, 5.41) is 7.21. The Morgan fingerprint density at radius 3 is 2.74 bits per heavy atom. The van der Waals surface area contributed by atoms with E-state index in [1.165, 1.54) is 12.5 Å². The molecule has 3 rings (SSSR count). The van der Waals surface area contributed by atoms with Crippen LogP contribution in [0, 0.1) is 6.92 Å². The summed E-state index contributed by atoms with van der Waals surface area (Å²) in [5.41, 5.74) is 3.16. The van der Waals surface area contributed by atoms with Crippen LogP contribution in [-0.2, 0) is 17.9 Å². The first kappa shape index (κ1) is 15.2. The Labute approximate surface area is 134 Å². The maximum absolute atomic E-state index is 11.0. The fourth-order valence-corrected chi connectivity index (χ4v) is 2.56. The largest absolute Gasteiger partial charge is 0.461 e. The first-order chi connectivity index (χ1) is 11.1. The lowest BCUT2D eigenvalue weighted by molar-refractivity contribution is -0.114. The zero-order valence-corrected chi connectivity index (χ0v) is 13.2. The highest BCUT2D eigenvalue weighted by Gasteiger charge is 2.09. The summed E-state index contributed by atoms with van der Waals surface area (Å²) >= 11 is 0. The third-order valence-corrected chi connectivity index (χ3v) is 3.66. The van der Waals surface area contributed by atoms with Gasteiger partial charge in [-0.3, -0.25) is 4.79 Å². The molecule has 2 N–H and O–H groups in total. The van der Waals surface area contributed by atoms with Crippen LogP contribution >= 0.6 is 0 Å². The lowest BCUT2D eigenvalue weighted by Crippen LogP contribution is -2.13. The van der Waals surface area contributed by atoms with E-state index in [0.29, 0.717) is 12.4 Å². The summed E-state index contributed by atoms with van der Waals surface area (Å²) in [4.78, 5) is 15.2. The minimum atomic E-state index is -0.120. The quantitative estimate of drug-likeness (QED) is 0.758. The molecule has 0 aliphatic carbocycles. The second-order valence-electron chi connectivity index (χ2n) is 5.47. The molecule has 0 bridgehead atoms. The second kappa shape index (κ2) is 6.62. The second-order valence-corrected chi connectivity index (χ2v) is 5.47. The van der Waals surface area contributed by atoms with Crippen molar-refractivity contribution in [2.45, 2.75) is 26.9 Å². The maximum Gasteiger partial charge on any atom is 0.222 e. The predicted octanol–water partition coefficient (Wildman–Crippen LogP) is 3.38. The number of carbonyl (C=O) groups excluding carboxylic acids is 1. The summed E-state index contributed by atoms with van der Waals surface area (Å²) in [6, 6.07) is 11.8. The fraction of sp³-hybridized carbons (Fsp3) is 0.222. The van der Waals surface area contributed by atoms with E-state index >= 15 is 0 Å². The number of furan rings is 1. The minimum Gasteiger partial charge on any atom is -0.461 e. The minimum absolute atomic E-state index is 0.120. The molecule has 1 aromatic carbocycles. The van der Waals surface area contributed by atoms with Gasteiger partial charge in [0.1, 0.15) is 17.2 Å². The SMILES string of the molecule is CC(=O)Nc1ccc(CNCc2c(C)oc3ccccc23)cn1. The van der Waals surface area contributed by atoms with Crippen molar-refractivity contribution in [3.05, 3.63) is 59.5 Å². The third kappa shape index (κ3) is 3.57. The number of hydrogen-bond donors (Lipinski definition) is 2. The third-order valence-electron chi connectivity index (χ3n) is 3.66. The number of carbonyl (C=O) groups is 1. The van der Waals surface area contributed by atoms with Crippen molar-refractivity contribution >= 4 is 22.7 Å². The number of nitrogens with zero attached hydrogens (tertiary/aromatic N) is 1. The molecule has 2 aromatic heterocycles. The van der Waals surface area contributed by atoms with Gasteiger partial charge in [0.15, 0.2) is 0 Å². The van der Waals surface area contributed by atoms with Crippen molar-refractivity contribution < 1.29 is 9.21 Å². The van der Waals surface area contributed by atoms with Crippen molar-refractivity contribution in [1.82, 2.24) is 10.3 Å². The number of nitrogens with one attached hydrogen (secondary N) is 2. The van der Waals surface area contributed by atoms with Crippen LogP contribution in [0.1, 0.15) is 23.8 Å². The van der Waals surface area contributed by atoms with E-state index in [4.69, 9.17) is 4.42 Å². The molecule has 118 valence electrons. The number of pyridine rings is 1. The zero-order valence-electron chi connectivity index (χ0n) is 13.2. The molecule has 0 saturated heterocycles. The molecule has 5 heteroatoms. The van der Waals surface area contributed by atoms with Crippen molar-refractivity contribution in [2.75, 3.05) is 5.32 Å². The molecule has 0 radical (unpaired) electrons. The molecule has 0 aliphatic heterocycles. The number of aryl methyl sites for hydroxylation is 1. The van der Waals surface area contributed by atoms with Crippen LogP contribution in [0.3, 0.4) is 0 Å². The summed E-state index contributed by atoms with van der Waals surface area (Å²) in [5.74, 6) is 1.39. The molecule has 2 heterocycles. The Morgan fingerprint density at radius 2 is 2.00 bits per heavy atom. The first-order valence-electron chi connectivity index (χ1n) is 7.54. The van der Waals surface area contributed by atoms with E-state index in [1.807, 2.05) is 31.2 Å². The molecule has 0 atom stereocenters. The normalized spacial score (nSPS) is 10.9. The Morgan fingerprint density at radius 1 is 1.17 bits per heavy atom. The van der Waals surface area contributed by atoms with E-state index in [-0.39, 0.29) is 5.91 Å². The van der Waals surface area contributed by atoms with Gasteiger partial charge in [0, 0.05) is 37.2 Å². The number of para-hydroxylation sites is 1. The van der Waals surface area contributed by atoms with E-state index in [1.54, 1.807) is 12.3 Å². The Balaban J connectivity index is 1.62. The van der Waals surface area contributed by atoms with Gasteiger partial charge in [0.25, 0.3) is 0 Å². The Hall–Kier alpha value is -2.66. The van der Waals surface area contributed by atoms with Crippen LogP contribution in [0.4, 0.5) is 5.82 Å². The standard InChI is InChI=1S/C18H19N3O2/c1-12-16(15-5-3-4-6-17(15)23-12)11-19-9-14-7-8-18(20-10-14)21-13(2)22/h3-8,10,19H,9,11H2,1-2H3,(H,20,21,22). The topological polar surface area (TPSA) is 67.2 Å². The van der Waals surface area contributed by atoms with Gasteiger partial charge >= 0.3 is 0 Å². The van der Waals surface area contributed by atoms with E-state index in [9.17, 15) is 4.79 Å². The molecular formula is C18H19N3O2. The van der Waals surface area contributed by atoms with E-state index in [2.05, 4.69) is 21.7 Å². The van der Waals surface area contributed by atoms with Crippen molar-refractivity contribution in [3.63, 3.8) is 0 Å². The molecule has 5 nitrogen and oxygen atoms in total. The molecular weight excluding hydrogens is 290 g/mol. The van der Waals surface area contributed by atoms with Crippen LogP contribution in [0.5, 0.6) is 0 Å². The number of rotatable bonds is 5. The lowest BCUT2D eigenvalue weighted by Gasteiger charge is -2.06. The van der Waals surface area contributed by atoms with Crippen LogP contribution in [-0.4, -0.2) is 10.9 Å². The zero-order chi connectivity index (χ0) is 16.2. The van der Waals surface area contributed by atoms with Crippen LogP contribution in [0.15, 0.2) is 47.0 Å². The van der Waals surface area contributed by atoms with Crippen LogP contribution < -0.4 is 10.6 Å². The highest BCUT2D eigenvalue weighted by molar-refractivity contribution is 5.87. The molecule has 23 heavy (non-hydrogen) atoms. The Bertz CT molecular complexity index is 822. The summed E-state index contributed by atoms with van der Waals surface area (Å²) in [6.07, 6.45) is 1.76. The number of aromatic nitrogens is 1. The monoisotopic (exact) mass is 309 g/mol. The van der Waals surface area contributed by atoms with Crippen LogP contribution in [0.25, 0.3) is 11.0 Å². The number of amides is 1. The van der Waals surface area contributed by atoms with E-state index in [0.717, 1.165) is 28.8 Å². The van der Waals surface area contributed by atoms with Gasteiger partial charge in [0.05, 0.1) is 0 Å². The predicted molar refractivity (Wildman–Crippen MR) is 90.0 cm³/mol. The maximum atomic E-state index is 11.0. The van der Waals surface area contributed by atoms with E-state index < -0.39 is 0 Å². The lowest BCUT2D eigenvalue weighted by atomic mass is 10.1. The first-order valence-corrected chi connectivity index (χ1v) is 7.54. The van der Waals surface area contributed by atoms with Gasteiger partial charge in [0.2, 0.25) is 5.91 Å². The van der Waals surface area contributed by atoms with Gasteiger partial charge in [-0.1, -0.05) is 24.3 Å². The van der Waals surface area contributed by atoms with Gasteiger partial charge < -0.3 is 15.1 Å². The smallest absolute Gasteiger partial charge is 0.222 e. The van der Waals surface area contributed by atoms with Gasteiger partial charge in [-0.05, 0) is 24.6 Å². The molecule has 1 amide bonds. The molecule has 0 unspecified atom stereocenters. The molecule has 0 saturated carbocycles. The fourth-order valence-electron chi connectivity index (χ4n) is 2.56. The van der Waals surface area contributed by atoms with Gasteiger partial charge in [-0.15, -0.1) is 0 Å². The highest BCUT2D eigenvalue weighted by atomic mass is 16.3. The average molecular weight is 309 g/mol. The summed E-state index contributed by atoms with van der Waals surface area (Å²) in [6.45, 7) is 4.89. The number of benzene rings is 1. The van der Waals surface area contributed by atoms with Crippen LogP contribution in [0.2, 0.25) is 0 Å². The molecule has 0 fully saturated rings. The van der Waals surface area contributed by atoms with Crippen molar-refractivity contribution in [2.24, 2.45) is 0 Å². The van der Waals surface area contributed by atoms with Gasteiger partial charge in [-0.2, -0.15) is 0 Å². The Kier molecular flexibility index (Phi) is 4.39. The summed E-state index contributed by atoms with van der Waals surface area (Å²) in [7, 11) is 0. The average Bonchev–Trinajstić information content (AvgIpc) is 2.84.